The minimum Gasteiger partial charge on any atom is -0.497 e. The molecule has 8 heteroatoms. The molecule has 0 amide bonds. The lowest BCUT2D eigenvalue weighted by atomic mass is 10.1. The van der Waals surface area contributed by atoms with Gasteiger partial charge in [-0.1, -0.05) is 12.1 Å². The van der Waals surface area contributed by atoms with E-state index in [2.05, 4.69) is 15.1 Å². The predicted molar refractivity (Wildman–Crippen MR) is 112 cm³/mol. The minimum atomic E-state index is -0.0605. The van der Waals surface area contributed by atoms with Crippen molar-refractivity contribution in [2.24, 2.45) is 0 Å². The third-order valence-corrected chi connectivity index (χ3v) is 4.70. The van der Waals surface area contributed by atoms with Gasteiger partial charge in [-0.2, -0.15) is 4.98 Å². The summed E-state index contributed by atoms with van der Waals surface area (Å²) in [5, 5.41) is 4.05. The van der Waals surface area contributed by atoms with Gasteiger partial charge in [0.25, 0.3) is 11.4 Å². The maximum Gasteiger partial charge on any atom is 0.272 e. The summed E-state index contributed by atoms with van der Waals surface area (Å²) < 4.78 is 17.9. The van der Waals surface area contributed by atoms with Crippen molar-refractivity contribution in [3.05, 3.63) is 64.4 Å². The maximum atomic E-state index is 12.4. The zero-order chi connectivity index (χ0) is 21.1. The fraction of sp³-hybridized carbons (Fsp3) is 0.273. The molecule has 2 aromatic carbocycles. The molecule has 0 fully saturated rings. The molecule has 0 aliphatic heterocycles. The van der Waals surface area contributed by atoms with E-state index in [0.29, 0.717) is 29.7 Å². The Morgan fingerprint density at radius 3 is 2.57 bits per heavy atom. The Morgan fingerprint density at radius 2 is 1.83 bits per heavy atom. The third kappa shape index (κ3) is 3.89. The smallest absolute Gasteiger partial charge is 0.272 e. The second kappa shape index (κ2) is 8.36. The molecule has 0 unspecified atom stereocenters. The van der Waals surface area contributed by atoms with E-state index in [1.165, 1.54) is 0 Å². The average Bonchev–Trinajstić information content (AvgIpc) is 3.24. The Bertz CT molecular complexity index is 1230. The third-order valence-electron chi connectivity index (χ3n) is 4.70. The van der Waals surface area contributed by atoms with Gasteiger partial charge in [-0.3, -0.25) is 4.79 Å². The van der Waals surface area contributed by atoms with E-state index < -0.39 is 0 Å². The minimum absolute atomic E-state index is 0.0605. The Balaban J connectivity index is 1.56. The average molecular weight is 406 g/mol. The largest absolute Gasteiger partial charge is 0.497 e. The Labute approximate surface area is 173 Å². The van der Waals surface area contributed by atoms with Gasteiger partial charge in [0.15, 0.2) is 6.61 Å². The molecule has 0 radical (unpaired) electrons. The van der Waals surface area contributed by atoms with Crippen LogP contribution in [0.5, 0.6) is 11.5 Å². The van der Waals surface area contributed by atoms with Gasteiger partial charge >= 0.3 is 0 Å². The molecule has 4 aromatic rings. The van der Waals surface area contributed by atoms with Gasteiger partial charge in [0, 0.05) is 12.1 Å². The standard InChI is InChI=1S/C22H22N4O4/c1-4-11-26-19-10-5-15(12-18(19)23-14(2)22(26)27)21-24-20(30-25-21)13-29-17-8-6-16(28-3)7-9-17/h5-10,12H,4,11,13H2,1-3H3. The molecule has 0 spiro atoms. The summed E-state index contributed by atoms with van der Waals surface area (Å²) in [5.41, 5.74) is 2.68. The fourth-order valence-electron chi connectivity index (χ4n) is 3.21. The first-order valence-electron chi connectivity index (χ1n) is 9.70. The number of rotatable bonds is 7. The van der Waals surface area contributed by atoms with E-state index in [9.17, 15) is 4.79 Å². The molecule has 0 aliphatic carbocycles. The van der Waals surface area contributed by atoms with Crippen LogP contribution in [0.3, 0.4) is 0 Å². The molecule has 0 aliphatic rings. The number of hydrogen-bond donors (Lipinski definition) is 0. The van der Waals surface area contributed by atoms with E-state index in [-0.39, 0.29) is 12.2 Å². The van der Waals surface area contributed by atoms with Gasteiger partial charge in [0.05, 0.1) is 18.1 Å². The van der Waals surface area contributed by atoms with E-state index in [4.69, 9.17) is 14.0 Å². The van der Waals surface area contributed by atoms with Gasteiger partial charge in [0.1, 0.15) is 17.2 Å². The monoisotopic (exact) mass is 406 g/mol. The second-order valence-corrected chi connectivity index (χ2v) is 6.83. The number of benzene rings is 2. The number of nitrogens with zero attached hydrogens (tertiary/aromatic N) is 4. The highest BCUT2D eigenvalue weighted by atomic mass is 16.5. The highest BCUT2D eigenvalue weighted by molar-refractivity contribution is 5.80. The van der Waals surface area contributed by atoms with Crippen LogP contribution in [0.2, 0.25) is 0 Å². The van der Waals surface area contributed by atoms with Crippen LogP contribution in [0.25, 0.3) is 22.4 Å². The van der Waals surface area contributed by atoms with Crippen LogP contribution in [-0.4, -0.2) is 26.8 Å². The highest BCUT2D eigenvalue weighted by Gasteiger charge is 2.13. The Kier molecular flexibility index (Phi) is 5.47. The van der Waals surface area contributed by atoms with E-state index >= 15 is 0 Å². The van der Waals surface area contributed by atoms with Crippen molar-refractivity contribution in [1.29, 1.82) is 0 Å². The molecule has 0 atom stereocenters. The van der Waals surface area contributed by atoms with Gasteiger partial charge in [-0.25, -0.2) is 4.98 Å². The van der Waals surface area contributed by atoms with Crippen LogP contribution < -0.4 is 15.0 Å². The first-order valence-corrected chi connectivity index (χ1v) is 9.70. The van der Waals surface area contributed by atoms with Crippen molar-refractivity contribution < 1.29 is 14.0 Å². The maximum absolute atomic E-state index is 12.4. The number of fused-ring (bicyclic) bond motifs is 1. The lowest BCUT2D eigenvalue weighted by Crippen LogP contribution is -2.24. The molecule has 0 saturated carbocycles. The molecule has 8 nitrogen and oxygen atoms in total. The van der Waals surface area contributed by atoms with E-state index in [1.807, 2.05) is 49.4 Å². The molecule has 0 saturated heterocycles. The zero-order valence-corrected chi connectivity index (χ0v) is 17.1. The molecule has 0 bridgehead atoms. The molecule has 0 N–H and O–H groups in total. The summed E-state index contributed by atoms with van der Waals surface area (Å²) in [5.74, 6) is 2.24. The summed E-state index contributed by atoms with van der Waals surface area (Å²) in [6, 6.07) is 12.9. The first kappa shape index (κ1) is 19.6. The predicted octanol–water partition coefficient (Wildman–Crippen LogP) is 3.75. The molecule has 2 heterocycles. The van der Waals surface area contributed by atoms with Crippen LogP contribution in [0.1, 0.15) is 24.9 Å². The van der Waals surface area contributed by atoms with E-state index in [0.717, 1.165) is 28.8 Å². The van der Waals surface area contributed by atoms with E-state index in [1.54, 1.807) is 18.6 Å². The molecule has 154 valence electrons. The molecule has 30 heavy (non-hydrogen) atoms. The number of ether oxygens (including phenoxy) is 2. The lowest BCUT2D eigenvalue weighted by molar-refractivity contribution is 0.242. The molecule has 2 aromatic heterocycles. The summed E-state index contributed by atoms with van der Waals surface area (Å²) in [4.78, 5) is 21.3. The van der Waals surface area contributed by atoms with Crippen molar-refractivity contribution in [1.82, 2.24) is 19.7 Å². The molecule has 4 rings (SSSR count). The quantitative estimate of drug-likeness (QED) is 0.461. The highest BCUT2D eigenvalue weighted by Crippen LogP contribution is 2.22. The van der Waals surface area contributed by atoms with Crippen molar-refractivity contribution in [2.45, 2.75) is 33.4 Å². The van der Waals surface area contributed by atoms with Gasteiger partial charge in [-0.05, 0) is 55.8 Å². The normalized spacial score (nSPS) is 11.0. The van der Waals surface area contributed by atoms with Gasteiger partial charge in [0.2, 0.25) is 5.82 Å². The second-order valence-electron chi connectivity index (χ2n) is 6.83. The van der Waals surface area contributed by atoms with Gasteiger partial charge in [-0.15, -0.1) is 0 Å². The number of hydrogen-bond acceptors (Lipinski definition) is 7. The fourth-order valence-corrected chi connectivity index (χ4v) is 3.21. The van der Waals surface area contributed by atoms with Crippen LogP contribution in [0, 0.1) is 6.92 Å². The SMILES string of the molecule is CCCn1c(=O)c(C)nc2cc(-c3noc(COc4ccc(OC)cc4)n3)ccc21. The van der Waals surface area contributed by atoms with Crippen LogP contribution in [0.15, 0.2) is 51.8 Å². The van der Waals surface area contributed by atoms with Gasteiger partial charge < -0.3 is 18.6 Å². The summed E-state index contributed by atoms with van der Waals surface area (Å²) in [7, 11) is 1.61. The number of aromatic nitrogens is 4. The summed E-state index contributed by atoms with van der Waals surface area (Å²) in [6.45, 7) is 4.56. The topological polar surface area (TPSA) is 92.3 Å². The zero-order valence-electron chi connectivity index (χ0n) is 17.1. The number of aryl methyl sites for hydroxylation is 2. The van der Waals surface area contributed by atoms with Crippen LogP contribution >= 0.6 is 0 Å². The Hall–Kier alpha value is -3.68. The lowest BCUT2D eigenvalue weighted by Gasteiger charge is -2.10. The van der Waals surface area contributed by atoms with Crippen molar-refractivity contribution in [3.8, 4) is 22.9 Å². The van der Waals surface area contributed by atoms with Crippen molar-refractivity contribution in [3.63, 3.8) is 0 Å². The van der Waals surface area contributed by atoms with Crippen LogP contribution in [0.4, 0.5) is 0 Å². The van der Waals surface area contributed by atoms with Crippen molar-refractivity contribution >= 4 is 11.0 Å². The van der Waals surface area contributed by atoms with Crippen molar-refractivity contribution in [2.75, 3.05) is 7.11 Å². The number of methoxy groups -OCH3 is 1. The molecular weight excluding hydrogens is 384 g/mol. The van der Waals surface area contributed by atoms with Crippen LogP contribution in [-0.2, 0) is 13.2 Å². The Morgan fingerprint density at radius 1 is 1.07 bits per heavy atom. The summed E-state index contributed by atoms with van der Waals surface area (Å²) >= 11 is 0. The first-order chi connectivity index (χ1) is 14.6. The summed E-state index contributed by atoms with van der Waals surface area (Å²) in [6.07, 6.45) is 0.864. The molecular formula is C22H22N4O4.